The van der Waals surface area contributed by atoms with Crippen LogP contribution in [0.2, 0.25) is 5.02 Å². The summed E-state index contributed by atoms with van der Waals surface area (Å²) in [5.41, 5.74) is 1.75. The smallest absolute Gasteiger partial charge is 0.322 e. The zero-order valence-electron chi connectivity index (χ0n) is 14.5. The summed E-state index contributed by atoms with van der Waals surface area (Å²) >= 11 is 5.95. The third-order valence-corrected chi connectivity index (χ3v) is 4.30. The van der Waals surface area contributed by atoms with E-state index in [1.54, 1.807) is 24.3 Å². The Morgan fingerprint density at radius 3 is 2.89 bits per heavy atom. The van der Waals surface area contributed by atoms with Crippen molar-refractivity contribution in [1.82, 2.24) is 15.5 Å². The number of carbonyl (C=O) groups is 3. The van der Waals surface area contributed by atoms with Gasteiger partial charge in [0.25, 0.3) is 5.91 Å². The van der Waals surface area contributed by atoms with Gasteiger partial charge in [-0.3, -0.25) is 14.9 Å². The summed E-state index contributed by atoms with van der Waals surface area (Å²) in [7, 11) is 0. The van der Waals surface area contributed by atoms with Crippen LogP contribution in [0.25, 0.3) is 0 Å². The summed E-state index contributed by atoms with van der Waals surface area (Å²) in [5, 5.41) is 4.94. The molecular formula is C20H15ClFN3O3. The number of rotatable bonds is 4. The zero-order chi connectivity index (χ0) is 20.1. The van der Waals surface area contributed by atoms with Crippen LogP contribution >= 0.6 is 11.6 Å². The second-order valence-corrected chi connectivity index (χ2v) is 6.49. The van der Waals surface area contributed by atoms with E-state index in [0.717, 1.165) is 5.56 Å². The Hall–Kier alpha value is -3.37. The number of imide groups is 1. The van der Waals surface area contributed by atoms with Crippen LogP contribution in [0, 0.1) is 17.7 Å². The number of nitrogens with zero attached hydrogens (tertiary/aromatic N) is 1. The highest BCUT2D eigenvalue weighted by Crippen LogP contribution is 2.25. The fourth-order valence-electron chi connectivity index (χ4n) is 2.82. The molecule has 142 valence electrons. The summed E-state index contributed by atoms with van der Waals surface area (Å²) < 4.78 is 13.3. The second-order valence-electron chi connectivity index (χ2n) is 6.06. The monoisotopic (exact) mass is 399 g/mol. The van der Waals surface area contributed by atoms with Crippen molar-refractivity contribution in [3.63, 3.8) is 0 Å². The first-order chi connectivity index (χ1) is 13.5. The lowest BCUT2D eigenvalue weighted by molar-refractivity contribution is -0.108. The number of benzene rings is 2. The van der Waals surface area contributed by atoms with Gasteiger partial charge >= 0.3 is 6.03 Å². The molecule has 2 aromatic carbocycles. The predicted molar refractivity (Wildman–Crippen MR) is 101 cm³/mol. The van der Waals surface area contributed by atoms with Gasteiger partial charge in [-0.1, -0.05) is 35.6 Å². The molecule has 0 aliphatic carbocycles. The van der Waals surface area contributed by atoms with Gasteiger partial charge in [0.15, 0.2) is 0 Å². The van der Waals surface area contributed by atoms with Crippen LogP contribution in [-0.2, 0) is 11.3 Å². The molecular weight excluding hydrogens is 385 g/mol. The normalized spacial score (nSPS) is 13.2. The first kappa shape index (κ1) is 19.4. The molecule has 1 aliphatic rings. The fraction of sp³-hybridized carbons (Fsp3) is 0.150. The standard InChI is InChI=1S/C20H15ClFN3O3/c21-15-6-5-14-10-25(19(27)18(14)9-15)11-17(24-20(28)23-12-26)7-4-13-2-1-3-16(22)8-13/h1-3,5-6,8-9,12,17H,10-11H2,(H2,23,24,26,28)/t17-/m1/s1. The molecule has 0 saturated carbocycles. The molecule has 0 unspecified atom stereocenters. The second kappa shape index (κ2) is 8.55. The van der Waals surface area contributed by atoms with Crippen molar-refractivity contribution in [3.8, 4) is 11.8 Å². The lowest BCUT2D eigenvalue weighted by Gasteiger charge is -2.21. The minimum Gasteiger partial charge on any atom is -0.331 e. The maximum absolute atomic E-state index is 13.3. The number of fused-ring (bicyclic) bond motifs is 1. The lowest BCUT2D eigenvalue weighted by atomic mass is 10.1. The van der Waals surface area contributed by atoms with Crippen molar-refractivity contribution in [2.75, 3.05) is 6.54 Å². The maximum atomic E-state index is 13.3. The van der Waals surface area contributed by atoms with Gasteiger partial charge in [0.05, 0.1) is 6.54 Å². The molecule has 2 N–H and O–H groups in total. The van der Waals surface area contributed by atoms with Gasteiger partial charge in [0.1, 0.15) is 11.9 Å². The van der Waals surface area contributed by atoms with E-state index in [4.69, 9.17) is 11.6 Å². The molecule has 0 saturated heterocycles. The summed E-state index contributed by atoms with van der Waals surface area (Å²) in [6, 6.07) is 9.24. The molecule has 0 radical (unpaired) electrons. The van der Waals surface area contributed by atoms with Crippen molar-refractivity contribution in [2.45, 2.75) is 12.6 Å². The summed E-state index contributed by atoms with van der Waals surface area (Å²) in [5.74, 6) is 4.92. The van der Waals surface area contributed by atoms with E-state index in [9.17, 15) is 18.8 Å². The average Bonchev–Trinajstić information content (AvgIpc) is 2.95. The Labute approximate surface area is 165 Å². The van der Waals surface area contributed by atoms with Crippen molar-refractivity contribution >= 4 is 29.9 Å². The lowest BCUT2D eigenvalue weighted by Crippen LogP contribution is -2.46. The van der Waals surface area contributed by atoms with Crippen LogP contribution in [0.5, 0.6) is 0 Å². The zero-order valence-corrected chi connectivity index (χ0v) is 15.3. The van der Waals surface area contributed by atoms with E-state index < -0.39 is 17.9 Å². The Bertz CT molecular complexity index is 1000. The van der Waals surface area contributed by atoms with Crippen LogP contribution in [0.1, 0.15) is 21.5 Å². The first-order valence-corrected chi connectivity index (χ1v) is 8.69. The van der Waals surface area contributed by atoms with Gasteiger partial charge < -0.3 is 10.2 Å². The van der Waals surface area contributed by atoms with Crippen LogP contribution in [-0.4, -0.2) is 35.8 Å². The number of hydrogen-bond donors (Lipinski definition) is 2. The Morgan fingerprint density at radius 2 is 2.14 bits per heavy atom. The Kier molecular flexibility index (Phi) is 5.92. The molecule has 4 amide bonds. The highest BCUT2D eigenvalue weighted by molar-refractivity contribution is 6.31. The molecule has 6 nitrogen and oxygen atoms in total. The number of amides is 4. The van der Waals surface area contributed by atoms with E-state index in [1.165, 1.54) is 23.1 Å². The minimum atomic E-state index is -0.781. The van der Waals surface area contributed by atoms with E-state index >= 15 is 0 Å². The van der Waals surface area contributed by atoms with Gasteiger partial charge in [0.2, 0.25) is 6.41 Å². The number of nitrogens with one attached hydrogen (secondary N) is 2. The van der Waals surface area contributed by atoms with Gasteiger partial charge in [0, 0.05) is 22.7 Å². The summed E-state index contributed by atoms with van der Waals surface area (Å²) in [6.45, 7) is 0.431. The first-order valence-electron chi connectivity index (χ1n) is 8.32. The van der Waals surface area contributed by atoms with Crippen LogP contribution < -0.4 is 10.6 Å². The van der Waals surface area contributed by atoms with Crippen molar-refractivity contribution < 1.29 is 18.8 Å². The molecule has 0 spiro atoms. The quantitative estimate of drug-likeness (QED) is 0.611. The van der Waals surface area contributed by atoms with Crippen molar-refractivity contribution in [3.05, 3.63) is 70.0 Å². The highest BCUT2D eigenvalue weighted by atomic mass is 35.5. The average molecular weight is 400 g/mol. The molecule has 0 aromatic heterocycles. The topological polar surface area (TPSA) is 78.5 Å². The number of halogens is 2. The third kappa shape index (κ3) is 4.67. The maximum Gasteiger partial charge on any atom is 0.322 e. The van der Waals surface area contributed by atoms with E-state index in [1.807, 2.05) is 5.32 Å². The molecule has 2 aromatic rings. The van der Waals surface area contributed by atoms with Gasteiger partial charge in [-0.25, -0.2) is 9.18 Å². The largest absolute Gasteiger partial charge is 0.331 e. The van der Waals surface area contributed by atoms with Crippen LogP contribution in [0.4, 0.5) is 9.18 Å². The third-order valence-electron chi connectivity index (χ3n) is 4.06. The van der Waals surface area contributed by atoms with Crippen molar-refractivity contribution in [2.24, 2.45) is 0 Å². The van der Waals surface area contributed by atoms with E-state index in [2.05, 4.69) is 17.2 Å². The molecule has 3 rings (SSSR count). The molecule has 1 aliphatic heterocycles. The Balaban J connectivity index is 1.79. The van der Waals surface area contributed by atoms with Crippen molar-refractivity contribution in [1.29, 1.82) is 0 Å². The van der Waals surface area contributed by atoms with Gasteiger partial charge in [-0.15, -0.1) is 0 Å². The minimum absolute atomic E-state index is 0.0831. The number of hydrogen-bond acceptors (Lipinski definition) is 3. The molecule has 8 heteroatoms. The molecule has 0 fully saturated rings. The van der Waals surface area contributed by atoms with Gasteiger partial charge in [-0.05, 0) is 35.9 Å². The molecule has 1 heterocycles. The number of carbonyl (C=O) groups excluding carboxylic acids is 3. The molecule has 0 bridgehead atoms. The van der Waals surface area contributed by atoms with Gasteiger partial charge in [-0.2, -0.15) is 0 Å². The number of urea groups is 1. The van der Waals surface area contributed by atoms with E-state index in [-0.39, 0.29) is 18.9 Å². The Morgan fingerprint density at radius 1 is 1.32 bits per heavy atom. The highest BCUT2D eigenvalue weighted by Gasteiger charge is 2.29. The fourth-order valence-corrected chi connectivity index (χ4v) is 2.99. The SMILES string of the molecule is O=CNC(=O)N[C@H](C#Cc1cccc(F)c1)CN1Cc2ccc(Cl)cc2C1=O. The summed E-state index contributed by atoms with van der Waals surface area (Å²) in [4.78, 5) is 36.3. The molecule has 28 heavy (non-hydrogen) atoms. The van der Waals surface area contributed by atoms with Crippen LogP contribution in [0.15, 0.2) is 42.5 Å². The van der Waals surface area contributed by atoms with Crippen LogP contribution in [0.3, 0.4) is 0 Å². The van der Waals surface area contributed by atoms with E-state index in [0.29, 0.717) is 22.7 Å². The predicted octanol–water partition coefficient (Wildman–Crippen LogP) is 2.31. The summed E-state index contributed by atoms with van der Waals surface area (Å²) in [6.07, 6.45) is 0.241. The molecule has 1 atom stereocenters.